The Kier molecular flexibility index (Phi) is 7.43. The van der Waals surface area contributed by atoms with Crippen LogP contribution < -0.4 is 10.3 Å². The lowest BCUT2D eigenvalue weighted by molar-refractivity contribution is -0.505. The lowest BCUT2D eigenvalue weighted by Gasteiger charge is -2.05. The van der Waals surface area contributed by atoms with Gasteiger partial charge in [-0.25, -0.2) is 4.99 Å². The third-order valence-electron chi connectivity index (χ3n) is 4.00. The summed E-state index contributed by atoms with van der Waals surface area (Å²) in [5, 5.41) is 2.30. The predicted molar refractivity (Wildman–Crippen MR) is 105 cm³/mol. The number of fused-ring (bicyclic) bond motifs is 1. The largest absolute Gasteiger partial charge is 0.673 e. The van der Waals surface area contributed by atoms with E-state index in [0.717, 1.165) is 40.6 Å². The summed E-state index contributed by atoms with van der Waals surface area (Å²) in [7, 11) is -6.00. The molecule has 0 saturated heterocycles. The van der Waals surface area contributed by atoms with Gasteiger partial charge in [-0.05, 0) is 24.1 Å². The fourth-order valence-electron chi connectivity index (χ4n) is 2.66. The summed E-state index contributed by atoms with van der Waals surface area (Å²) in [6, 6.07) is 18.8. The Morgan fingerprint density at radius 2 is 1.61 bits per heavy atom. The predicted octanol–water partition coefficient (Wildman–Crippen LogP) is 4.60. The van der Waals surface area contributed by atoms with E-state index in [1.807, 2.05) is 18.2 Å². The van der Waals surface area contributed by atoms with E-state index in [9.17, 15) is 17.3 Å². The van der Waals surface area contributed by atoms with E-state index in [1.165, 1.54) is 5.56 Å². The average Bonchev–Trinajstić information content (AvgIpc) is 2.64. The third-order valence-corrected chi connectivity index (χ3v) is 4.00. The smallest absolute Gasteiger partial charge is 0.456 e. The van der Waals surface area contributed by atoms with E-state index in [0.29, 0.717) is 5.92 Å². The third kappa shape index (κ3) is 6.87. The fourth-order valence-corrected chi connectivity index (χ4v) is 2.66. The van der Waals surface area contributed by atoms with Crippen molar-refractivity contribution < 1.29 is 26.7 Å². The first kappa shape index (κ1) is 21.7. The molecule has 1 N–H and O–H groups in total. The highest BCUT2D eigenvalue weighted by molar-refractivity contribution is 6.50. The van der Waals surface area contributed by atoms with E-state index in [-0.39, 0.29) is 0 Å². The Hall–Kier alpha value is -2.57. The van der Waals surface area contributed by atoms with Gasteiger partial charge in [-0.1, -0.05) is 57.2 Å². The monoisotopic (exact) mass is 393 g/mol. The molecule has 0 aliphatic carbocycles. The van der Waals surface area contributed by atoms with Crippen LogP contribution >= 0.6 is 0 Å². The van der Waals surface area contributed by atoms with Crippen LogP contribution in [0, 0.1) is 5.92 Å². The van der Waals surface area contributed by atoms with Gasteiger partial charge in [-0.2, -0.15) is 0 Å². The van der Waals surface area contributed by atoms with Crippen molar-refractivity contribution in [2.45, 2.75) is 27.2 Å². The van der Waals surface area contributed by atoms with Gasteiger partial charge in [0.1, 0.15) is 17.9 Å². The number of nitrogens with one attached hydrogen (secondary N) is 1. The molecule has 0 spiro atoms. The molecule has 0 aliphatic heterocycles. The summed E-state index contributed by atoms with van der Waals surface area (Å²) in [4.78, 5) is 3.59. The molecular formula is C21H24BF4NO. The molecule has 0 saturated carbocycles. The van der Waals surface area contributed by atoms with Gasteiger partial charge in [0.25, 0.3) is 0 Å². The molecule has 28 heavy (non-hydrogen) atoms. The molecule has 2 aromatic carbocycles. The summed E-state index contributed by atoms with van der Waals surface area (Å²) in [5.41, 5.74) is 3.35. The number of hydrogen-bond donors (Lipinski definition) is 1. The Balaban J connectivity index is 0.000000500. The summed E-state index contributed by atoms with van der Waals surface area (Å²) < 4.78 is 45.2. The molecule has 1 heterocycles. The van der Waals surface area contributed by atoms with Crippen LogP contribution in [-0.4, -0.2) is 13.8 Å². The van der Waals surface area contributed by atoms with Crippen molar-refractivity contribution in [1.29, 1.82) is 0 Å². The molecule has 0 unspecified atom stereocenters. The van der Waals surface area contributed by atoms with Crippen molar-refractivity contribution >= 4 is 18.2 Å². The maximum absolute atomic E-state index is 9.75. The highest BCUT2D eigenvalue weighted by Gasteiger charge is 2.20. The van der Waals surface area contributed by atoms with Gasteiger partial charge < -0.3 is 21.7 Å². The zero-order valence-electron chi connectivity index (χ0n) is 16.2. The second-order valence-corrected chi connectivity index (χ2v) is 6.84. The zero-order valence-corrected chi connectivity index (χ0v) is 16.2. The van der Waals surface area contributed by atoms with Crippen LogP contribution in [0.1, 0.15) is 26.3 Å². The van der Waals surface area contributed by atoms with Crippen LogP contribution in [0.4, 0.5) is 17.3 Å². The minimum atomic E-state index is -6.00. The number of benzene rings is 2. The second-order valence-electron chi connectivity index (χ2n) is 6.84. The van der Waals surface area contributed by atoms with Gasteiger partial charge in [0, 0.05) is 11.5 Å². The van der Waals surface area contributed by atoms with E-state index < -0.39 is 7.25 Å². The number of halogens is 4. The van der Waals surface area contributed by atoms with E-state index in [2.05, 4.69) is 62.2 Å². The number of rotatable bonds is 4. The van der Waals surface area contributed by atoms with Gasteiger partial charge in [0.15, 0.2) is 0 Å². The fraction of sp³-hybridized carbons (Fsp3) is 0.286. The first-order valence-corrected chi connectivity index (χ1v) is 9.23. The number of hydrogen-bond acceptors (Lipinski definition) is 1. The summed E-state index contributed by atoms with van der Waals surface area (Å²) in [5.74, 6) is 1.49. The van der Waals surface area contributed by atoms with Gasteiger partial charge in [0.2, 0.25) is 5.36 Å². The molecule has 150 valence electrons. The summed E-state index contributed by atoms with van der Waals surface area (Å²) in [6.07, 6.45) is 1.03. The van der Waals surface area contributed by atoms with E-state index in [1.54, 1.807) is 0 Å². The lowest BCUT2D eigenvalue weighted by Crippen LogP contribution is -2.77. The van der Waals surface area contributed by atoms with Crippen molar-refractivity contribution in [3.05, 3.63) is 65.5 Å². The highest BCUT2D eigenvalue weighted by atomic mass is 19.5. The molecule has 0 amide bonds. The average molecular weight is 393 g/mol. The molecule has 0 fully saturated rings. The summed E-state index contributed by atoms with van der Waals surface area (Å²) in [6.45, 7) is 7.57. The van der Waals surface area contributed by atoms with Crippen LogP contribution in [-0.2, 0) is 6.42 Å². The topological polar surface area (TPSA) is 27.1 Å². The maximum Gasteiger partial charge on any atom is 0.673 e. The minimum absolute atomic E-state index is 0.594. The quantitative estimate of drug-likeness (QED) is 0.509. The molecule has 0 bridgehead atoms. The molecule has 0 radical (unpaired) electrons. The molecule has 0 aliphatic rings. The minimum Gasteiger partial charge on any atom is -0.456 e. The molecule has 1 aromatic heterocycles. The Bertz CT molecular complexity index is 960. The van der Waals surface area contributed by atoms with Crippen LogP contribution in [0.2, 0.25) is 0 Å². The van der Waals surface area contributed by atoms with Crippen molar-refractivity contribution in [1.82, 2.24) is 0 Å². The van der Waals surface area contributed by atoms with Crippen LogP contribution in [0.25, 0.3) is 22.3 Å². The van der Waals surface area contributed by atoms with Gasteiger partial charge in [-0.3, -0.25) is 0 Å². The molecule has 3 rings (SSSR count). The van der Waals surface area contributed by atoms with E-state index >= 15 is 0 Å². The zero-order chi connectivity index (χ0) is 20.7. The Morgan fingerprint density at radius 3 is 2.18 bits per heavy atom. The maximum atomic E-state index is 9.75. The highest BCUT2D eigenvalue weighted by Crippen LogP contribution is 2.22. The van der Waals surface area contributed by atoms with Gasteiger partial charge in [-0.15, -0.1) is 0 Å². The lowest BCUT2D eigenvalue weighted by atomic mass is 10.1. The standard InChI is InChI=1S/C21H23NO.BF4/c1-4-16-10-11-20-18(12-16)19(22-14-15(2)3)13-21(23-20)17-8-6-5-7-9-17;2-1(3,4)5/h5-13,15H,4,14H2,1-3H3;/q;-1/p+1. The van der Waals surface area contributed by atoms with Crippen LogP contribution in [0.15, 0.2) is 59.0 Å². The first-order chi connectivity index (χ1) is 13.2. The van der Waals surface area contributed by atoms with Crippen molar-refractivity contribution in [3.63, 3.8) is 0 Å². The Labute approximate surface area is 162 Å². The normalized spacial score (nSPS) is 12.2. The molecule has 7 heteroatoms. The SMILES string of the molecule is CCc1ccc2oc(-c3ccccc3)cc(=[NH+]CC(C)C)c2c1.F[B-](F)(F)F. The van der Waals surface area contributed by atoms with Crippen LogP contribution in [0.5, 0.6) is 0 Å². The molecule has 0 atom stereocenters. The molecular weight excluding hydrogens is 369 g/mol. The first-order valence-electron chi connectivity index (χ1n) is 9.23. The van der Waals surface area contributed by atoms with Crippen LogP contribution in [0.3, 0.4) is 0 Å². The Morgan fingerprint density at radius 1 is 0.964 bits per heavy atom. The van der Waals surface area contributed by atoms with Crippen molar-refractivity contribution in [3.8, 4) is 11.3 Å². The van der Waals surface area contributed by atoms with Gasteiger partial charge >= 0.3 is 7.25 Å². The summed E-state index contributed by atoms with van der Waals surface area (Å²) >= 11 is 0. The molecule has 2 nitrogen and oxygen atoms in total. The van der Waals surface area contributed by atoms with Crippen molar-refractivity contribution in [2.24, 2.45) is 5.92 Å². The van der Waals surface area contributed by atoms with Crippen molar-refractivity contribution in [2.75, 3.05) is 6.54 Å². The molecule has 3 aromatic rings. The van der Waals surface area contributed by atoms with Gasteiger partial charge in [0.05, 0.1) is 11.5 Å². The number of aryl methyl sites for hydroxylation is 1. The van der Waals surface area contributed by atoms with E-state index in [4.69, 9.17) is 4.42 Å². The second kappa shape index (κ2) is 9.58.